The van der Waals surface area contributed by atoms with Crippen LogP contribution in [0.5, 0.6) is 0 Å². The van der Waals surface area contributed by atoms with Crippen LogP contribution in [0.3, 0.4) is 0 Å². The number of ether oxygens (including phenoxy) is 1. The Morgan fingerprint density at radius 2 is 2.31 bits per heavy atom. The molecular weight excluding hydrogens is 317 g/mol. The van der Waals surface area contributed by atoms with Crippen molar-refractivity contribution in [3.8, 4) is 0 Å². The van der Waals surface area contributed by atoms with Crippen molar-refractivity contribution in [1.82, 2.24) is 5.32 Å². The van der Waals surface area contributed by atoms with Crippen molar-refractivity contribution in [2.45, 2.75) is 5.92 Å². The third-order valence-corrected chi connectivity index (χ3v) is 3.67. The first-order valence-corrected chi connectivity index (χ1v) is 6.34. The molecule has 1 fully saturated rings. The lowest BCUT2D eigenvalue weighted by atomic mass is 9.89. The number of carbonyl (C=O) groups excluding carboxylic acids is 1. The minimum Gasteiger partial charge on any atom is -0.469 e. The third kappa shape index (κ3) is 2.38. The molecule has 0 unspecified atom stereocenters. The molecule has 1 aliphatic heterocycles. The number of benzene rings is 1. The molecule has 1 saturated heterocycles. The van der Waals surface area contributed by atoms with E-state index in [1.165, 1.54) is 16.2 Å². The molecule has 4 heteroatoms. The summed E-state index contributed by atoms with van der Waals surface area (Å²) in [5.41, 5.74) is 1.22. The largest absolute Gasteiger partial charge is 0.469 e. The highest BCUT2D eigenvalue weighted by molar-refractivity contribution is 14.1. The molecule has 1 aromatic rings. The Bertz CT molecular complexity index is 394. The summed E-state index contributed by atoms with van der Waals surface area (Å²) in [7, 11) is 1.45. The maximum absolute atomic E-state index is 11.6. The van der Waals surface area contributed by atoms with Crippen LogP contribution in [0.2, 0.25) is 0 Å². The van der Waals surface area contributed by atoms with E-state index >= 15 is 0 Å². The summed E-state index contributed by atoms with van der Waals surface area (Å²) < 4.78 is 6.03. The van der Waals surface area contributed by atoms with Gasteiger partial charge in [0, 0.05) is 22.6 Å². The van der Waals surface area contributed by atoms with E-state index in [2.05, 4.69) is 46.1 Å². The summed E-state index contributed by atoms with van der Waals surface area (Å²) >= 11 is 2.29. The van der Waals surface area contributed by atoms with Gasteiger partial charge in [0.05, 0.1) is 13.0 Å². The molecule has 0 saturated carbocycles. The van der Waals surface area contributed by atoms with Crippen LogP contribution in [0.25, 0.3) is 0 Å². The highest BCUT2D eigenvalue weighted by atomic mass is 127. The van der Waals surface area contributed by atoms with Gasteiger partial charge in [-0.15, -0.1) is 0 Å². The molecule has 0 aromatic heterocycles. The van der Waals surface area contributed by atoms with Crippen molar-refractivity contribution < 1.29 is 9.53 Å². The second-order valence-electron chi connectivity index (χ2n) is 3.95. The lowest BCUT2D eigenvalue weighted by Crippen LogP contribution is -2.22. The number of halogens is 1. The molecule has 0 bridgehead atoms. The maximum atomic E-state index is 11.6. The predicted molar refractivity (Wildman–Crippen MR) is 70.3 cm³/mol. The molecule has 86 valence electrons. The van der Waals surface area contributed by atoms with Crippen LogP contribution in [-0.2, 0) is 9.53 Å². The molecule has 0 aliphatic carbocycles. The van der Waals surface area contributed by atoms with Crippen molar-refractivity contribution in [3.63, 3.8) is 0 Å². The summed E-state index contributed by atoms with van der Waals surface area (Å²) in [6.07, 6.45) is 0. The van der Waals surface area contributed by atoms with Crippen LogP contribution >= 0.6 is 22.6 Å². The number of hydrogen-bond acceptors (Lipinski definition) is 3. The summed E-state index contributed by atoms with van der Waals surface area (Å²) in [4.78, 5) is 11.6. The van der Waals surface area contributed by atoms with Gasteiger partial charge >= 0.3 is 5.97 Å². The average Bonchev–Trinajstić information content (AvgIpc) is 2.77. The highest BCUT2D eigenvalue weighted by Crippen LogP contribution is 2.29. The molecule has 1 aromatic carbocycles. The number of hydrogen-bond donors (Lipinski definition) is 1. The van der Waals surface area contributed by atoms with Gasteiger partial charge in [-0.1, -0.05) is 12.1 Å². The second kappa shape index (κ2) is 5.14. The minimum absolute atomic E-state index is 0.0526. The second-order valence-corrected chi connectivity index (χ2v) is 5.20. The standard InChI is InChI=1S/C12H14INO2/c1-16-12(15)11-7-14-6-10(11)8-3-2-4-9(13)5-8/h2-5,10-11,14H,6-7H2,1H3/t10-,11+/m1/s1. The molecule has 1 N–H and O–H groups in total. The summed E-state index contributed by atoms with van der Waals surface area (Å²) in [5, 5.41) is 3.25. The number of methoxy groups -OCH3 is 1. The quantitative estimate of drug-likeness (QED) is 0.663. The van der Waals surface area contributed by atoms with E-state index in [1.54, 1.807) is 0 Å². The van der Waals surface area contributed by atoms with Crippen LogP contribution in [0.4, 0.5) is 0 Å². The molecule has 0 radical (unpaired) electrons. The van der Waals surface area contributed by atoms with Gasteiger partial charge in [-0.3, -0.25) is 4.79 Å². The fourth-order valence-corrected chi connectivity index (χ4v) is 2.73. The molecule has 1 heterocycles. The first kappa shape index (κ1) is 11.9. The number of rotatable bonds is 2. The molecular formula is C12H14INO2. The van der Waals surface area contributed by atoms with E-state index in [4.69, 9.17) is 4.74 Å². The van der Waals surface area contributed by atoms with E-state index in [9.17, 15) is 4.79 Å². The van der Waals surface area contributed by atoms with Gasteiger partial charge in [-0.2, -0.15) is 0 Å². The minimum atomic E-state index is -0.117. The molecule has 3 nitrogen and oxygen atoms in total. The summed E-state index contributed by atoms with van der Waals surface area (Å²) in [6.45, 7) is 1.56. The molecule has 0 spiro atoms. The van der Waals surface area contributed by atoms with Gasteiger partial charge in [0.2, 0.25) is 0 Å². The lowest BCUT2D eigenvalue weighted by molar-refractivity contribution is -0.145. The topological polar surface area (TPSA) is 38.3 Å². The third-order valence-electron chi connectivity index (χ3n) is 2.99. The van der Waals surface area contributed by atoms with Crippen LogP contribution in [-0.4, -0.2) is 26.2 Å². The van der Waals surface area contributed by atoms with Gasteiger partial charge < -0.3 is 10.1 Å². The predicted octanol–water partition coefficient (Wildman–Crippen LogP) is 1.77. The van der Waals surface area contributed by atoms with Crippen molar-refractivity contribution >= 4 is 28.6 Å². The van der Waals surface area contributed by atoms with Crippen molar-refractivity contribution in [2.75, 3.05) is 20.2 Å². The van der Waals surface area contributed by atoms with Crippen LogP contribution in [0, 0.1) is 9.49 Å². The Balaban J connectivity index is 2.23. The first-order chi connectivity index (χ1) is 7.72. The lowest BCUT2D eigenvalue weighted by Gasteiger charge is -2.16. The fourth-order valence-electron chi connectivity index (χ4n) is 2.17. The van der Waals surface area contributed by atoms with E-state index in [0.29, 0.717) is 6.54 Å². The van der Waals surface area contributed by atoms with Crippen molar-refractivity contribution in [3.05, 3.63) is 33.4 Å². The Kier molecular flexibility index (Phi) is 3.81. The molecule has 2 rings (SSSR count). The van der Waals surface area contributed by atoms with Gasteiger partial charge in [0.25, 0.3) is 0 Å². The highest BCUT2D eigenvalue weighted by Gasteiger charge is 2.34. The monoisotopic (exact) mass is 331 g/mol. The Labute approximate surface area is 109 Å². The van der Waals surface area contributed by atoms with Crippen molar-refractivity contribution in [2.24, 2.45) is 5.92 Å². The van der Waals surface area contributed by atoms with Gasteiger partial charge in [0.1, 0.15) is 0 Å². The first-order valence-electron chi connectivity index (χ1n) is 5.26. The fraction of sp³-hybridized carbons (Fsp3) is 0.417. The molecule has 1 aliphatic rings. The number of carbonyl (C=O) groups is 1. The molecule has 16 heavy (non-hydrogen) atoms. The SMILES string of the molecule is COC(=O)[C@H]1CNC[C@@H]1c1cccc(I)c1. The number of nitrogens with one attached hydrogen (secondary N) is 1. The zero-order valence-electron chi connectivity index (χ0n) is 9.07. The Hall–Kier alpha value is -0.620. The van der Waals surface area contributed by atoms with Crippen LogP contribution < -0.4 is 5.32 Å². The Morgan fingerprint density at radius 1 is 1.50 bits per heavy atom. The maximum Gasteiger partial charge on any atom is 0.310 e. The van der Waals surface area contributed by atoms with Crippen LogP contribution in [0.15, 0.2) is 24.3 Å². The zero-order chi connectivity index (χ0) is 11.5. The van der Waals surface area contributed by atoms with Gasteiger partial charge in [-0.25, -0.2) is 0 Å². The van der Waals surface area contributed by atoms with Gasteiger partial charge in [-0.05, 0) is 40.3 Å². The Morgan fingerprint density at radius 3 is 3.00 bits per heavy atom. The van der Waals surface area contributed by atoms with E-state index in [1.807, 2.05) is 6.07 Å². The average molecular weight is 331 g/mol. The van der Waals surface area contributed by atoms with Crippen molar-refractivity contribution in [1.29, 1.82) is 0 Å². The van der Waals surface area contributed by atoms with E-state index in [-0.39, 0.29) is 17.8 Å². The van der Waals surface area contributed by atoms with E-state index < -0.39 is 0 Å². The molecule has 2 atom stereocenters. The molecule has 0 amide bonds. The van der Waals surface area contributed by atoms with E-state index in [0.717, 1.165) is 6.54 Å². The number of esters is 1. The normalized spacial score (nSPS) is 24.4. The zero-order valence-corrected chi connectivity index (χ0v) is 11.2. The van der Waals surface area contributed by atoms with Crippen LogP contribution in [0.1, 0.15) is 11.5 Å². The smallest absolute Gasteiger partial charge is 0.310 e. The summed E-state index contributed by atoms with van der Waals surface area (Å²) in [6, 6.07) is 8.30. The van der Waals surface area contributed by atoms with Gasteiger partial charge in [0.15, 0.2) is 0 Å². The summed E-state index contributed by atoms with van der Waals surface area (Å²) in [5.74, 6) is 0.0687.